The van der Waals surface area contributed by atoms with Crippen molar-refractivity contribution in [2.45, 2.75) is 25.6 Å². The van der Waals surface area contributed by atoms with E-state index in [2.05, 4.69) is 29.4 Å². The minimum absolute atomic E-state index is 0.287. The van der Waals surface area contributed by atoms with Crippen LogP contribution in [-0.2, 0) is 11.2 Å². The number of rotatable bonds is 5. The summed E-state index contributed by atoms with van der Waals surface area (Å²) in [6.45, 7) is 4.23. The molecule has 0 aliphatic rings. The average Bonchev–Trinajstić information content (AvgIpc) is 2.85. The first kappa shape index (κ1) is 14.9. The second-order valence-electron chi connectivity index (χ2n) is 4.86. The summed E-state index contributed by atoms with van der Waals surface area (Å²) >= 11 is 7.53. The number of aromatic nitrogens is 2. The highest BCUT2D eigenvalue weighted by molar-refractivity contribution is 7.15. The summed E-state index contributed by atoms with van der Waals surface area (Å²) in [6.07, 6.45) is 0.858. The molecule has 1 unspecified atom stereocenters. The molecule has 0 spiro atoms. The lowest BCUT2D eigenvalue weighted by Crippen LogP contribution is -2.17. The molecule has 0 fully saturated rings. The maximum absolute atomic E-state index is 12.0. The number of hydrogen-bond acceptors (Lipinski definition) is 4. The molecule has 2 rings (SSSR count). The first-order valence-corrected chi connectivity index (χ1v) is 7.64. The molecule has 1 aromatic carbocycles. The third-order valence-corrected chi connectivity index (χ3v) is 3.91. The zero-order chi connectivity index (χ0) is 14.5. The van der Waals surface area contributed by atoms with Gasteiger partial charge in [0, 0.05) is 6.42 Å². The minimum Gasteiger partial charge on any atom is -0.299 e. The van der Waals surface area contributed by atoms with E-state index in [1.165, 1.54) is 11.3 Å². The smallest absolute Gasteiger partial charge is 0.248 e. The van der Waals surface area contributed by atoms with Gasteiger partial charge in [-0.05, 0) is 11.5 Å². The Hall–Kier alpha value is -1.46. The molecule has 0 aliphatic carbocycles. The Morgan fingerprint density at radius 2 is 2.00 bits per heavy atom. The Morgan fingerprint density at radius 3 is 2.65 bits per heavy atom. The molecular weight excluding hydrogens is 294 g/mol. The van der Waals surface area contributed by atoms with E-state index >= 15 is 0 Å². The molecule has 1 atom stereocenters. The summed E-state index contributed by atoms with van der Waals surface area (Å²) in [4.78, 5) is 12.0. The molecule has 20 heavy (non-hydrogen) atoms. The number of nitrogens with one attached hydrogen (secondary N) is 1. The van der Waals surface area contributed by atoms with Gasteiger partial charge < -0.3 is 0 Å². The summed E-state index contributed by atoms with van der Waals surface area (Å²) in [5.41, 5.74) is 0.763. The van der Waals surface area contributed by atoms with Crippen LogP contribution in [0.3, 0.4) is 0 Å². The minimum atomic E-state index is -0.728. The van der Waals surface area contributed by atoms with Gasteiger partial charge in [0.15, 0.2) is 0 Å². The van der Waals surface area contributed by atoms with Gasteiger partial charge in [-0.25, -0.2) is 0 Å². The van der Waals surface area contributed by atoms with Crippen molar-refractivity contribution in [1.82, 2.24) is 10.2 Å². The van der Waals surface area contributed by atoms with Crippen molar-refractivity contribution in [3.63, 3.8) is 0 Å². The summed E-state index contributed by atoms with van der Waals surface area (Å²) < 4.78 is 0. The van der Waals surface area contributed by atoms with Crippen LogP contribution in [0.5, 0.6) is 0 Å². The number of halogens is 1. The standard InChI is InChI=1S/C14H16ClN3OS/c1-9(2)8-11-17-18-14(20-11)16-13(19)12(15)10-6-4-3-5-7-10/h3-7,9,12H,8H2,1-2H3,(H,16,18,19). The number of alkyl halides is 1. The number of nitrogens with zero attached hydrogens (tertiary/aromatic N) is 2. The molecule has 6 heteroatoms. The lowest BCUT2D eigenvalue weighted by atomic mass is 10.1. The van der Waals surface area contributed by atoms with Crippen LogP contribution >= 0.6 is 22.9 Å². The van der Waals surface area contributed by atoms with Gasteiger partial charge in [-0.15, -0.1) is 21.8 Å². The fourth-order valence-electron chi connectivity index (χ4n) is 1.68. The van der Waals surface area contributed by atoms with Crippen LogP contribution in [0.2, 0.25) is 0 Å². The highest BCUT2D eigenvalue weighted by atomic mass is 35.5. The molecular formula is C14H16ClN3OS. The molecule has 4 nitrogen and oxygen atoms in total. The molecule has 1 heterocycles. The SMILES string of the molecule is CC(C)Cc1nnc(NC(=O)C(Cl)c2ccccc2)s1. The fraction of sp³-hybridized carbons (Fsp3) is 0.357. The van der Waals surface area contributed by atoms with E-state index in [-0.39, 0.29) is 5.91 Å². The van der Waals surface area contributed by atoms with E-state index in [4.69, 9.17) is 11.6 Å². The van der Waals surface area contributed by atoms with E-state index in [0.29, 0.717) is 11.0 Å². The van der Waals surface area contributed by atoms with Crippen LogP contribution in [0.15, 0.2) is 30.3 Å². The molecule has 1 aromatic heterocycles. The van der Waals surface area contributed by atoms with E-state index in [9.17, 15) is 4.79 Å². The molecule has 1 amide bonds. The zero-order valence-corrected chi connectivity index (χ0v) is 12.9. The molecule has 1 N–H and O–H groups in total. The van der Waals surface area contributed by atoms with Gasteiger partial charge in [-0.3, -0.25) is 10.1 Å². The Balaban J connectivity index is 1.99. The van der Waals surface area contributed by atoms with E-state index in [0.717, 1.165) is 17.0 Å². The average molecular weight is 310 g/mol. The predicted octanol–water partition coefficient (Wildman–Crippen LogP) is 3.66. The Labute approximate surface area is 127 Å². The van der Waals surface area contributed by atoms with Crippen molar-refractivity contribution >= 4 is 34.0 Å². The van der Waals surface area contributed by atoms with E-state index in [1.807, 2.05) is 30.3 Å². The van der Waals surface area contributed by atoms with Crippen LogP contribution in [-0.4, -0.2) is 16.1 Å². The van der Waals surface area contributed by atoms with Crippen molar-refractivity contribution in [1.29, 1.82) is 0 Å². The maximum atomic E-state index is 12.0. The molecule has 106 valence electrons. The van der Waals surface area contributed by atoms with Crippen molar-refractivity contribution in [3.05, 3.63) is 40.9 Å². The molecule has 2 aromatic rings. The number of amides is 1. The zero-order valence-electron chi connectivity index (χ0n) is 11.3. The first-order valence-electron chi connectivity index (χ1n) is 6.38. The molecule has 0 saturated heterocycles. The Kier molecular flexibility index (Phi) is 5.09. The Morgan fingerprint density at radius 1 is 1.30 bits per heavy atom. The summed E-state index contributed by atoms with van der Waals surface area (Å²) in [5.74, 6) is 0.224. The van der Waals surface area contributed by atoms with Gasteiger partial charge in [-0.2, -0.15) is 0 Å². The van der Waals surface area contributed by atoms with E-state index in [1.54, 1.807) is 0 Å². The number of benzene rings is 1. The van der Waals surface area contributed by atoms with Crippen molar-refractivity contribution in [2.24, 2.45) is 5.92 Å². The summed E-state index contributed by atoms with van der Waals surface area (Å²) in [6, 6.07) is 9.23. The lowest BCUT2D eigenvalue weighted by molar-refractivity contribution is -0.116. The van der Waals surface area contributed by atoms with Gasteiger partial charge >= 0.3 is 0 Å². The molecule has 0 aliphatic heterocycles. The van der Waals surface area contributed by atoms with Crippen molar-refractivity contribution in [3.8, 4) is 0 Å². The second kappa shape index (κ2) is 6.81. The Bertz CT molecular complexity index is 571. The lowest BCUT2D eigenvalue weighted by Gasteiger charge is -2.08. The van der Waals surface area contributed by atoms with Gasteiger partial charge in [-0.1, -0.05) is 55.5 Å². The molecule has 0 saturated carbocycles. The highest BCUT2D eigenvalue weighted by Crippen LogP contribution is 2.24. The maximum Gasteiger partial charge on any atom is 0.248 e. The van der Waals surface area contributed by atoms with Crippen LogP contribution in [0.25, 0.3) is 0 Å². The third-order valence-electron chi connectivity index (χ3n) is 2.60. The van der Waals surface area contributed by atoms with Crippen LogP contribution in [0, 0.1) is 5.92 Å². The quantitative estimate of drug-likeness (QED) is 0.858. The summed E-state index contributed by atoms with van der Waals surface area (Å²) in [5, 5.41) is 11.4. The van der Waals surface area contributed by atoms with Gasteiger partial charge in [0.2, 0.25) is 11.0 Å². The molecule has 0 radical (unpaired) electrons. The normalized spacial score (nSPS) is 12.4. The van der Waals surface area contributed by atoms with Gasteiger partial charge in [0.05, 0.1) is 0 Å². The van der Waals surface area contributed by atoms with Crippen LogP contribution < -0.4 is 5.32 Å². The van der Waals surface area contributed by atoms with Crippen molar-refractivity contribution in [2.75, 3.05) is 5.32 Å². The van der Waals surface area contributed by atoms with Gasteiger partial charge in [0.25, 0.3) is 0 Å². The predicted molar refractivity (Wildman–Crippen MR) is 82.1 cm³/mol. The van der Waals surface area contributed by atoms with Crippen LogP contribution in [0.1, 0.15) is 29.8 Å². The largest absolute Gasteiger partial charge is 0.299 e. The fourth-order valence-corrected chi connectivity index (χ4v) is 2.83. The monoisotopic (exact) mass is 309 g/mol. The third kappa shape index (κ3) is 4.02. The van der Waals surface area contributed by atoms with Gasteiger partial charge in [0.1, 0.15) is 10.4 Å². The molecule has 0 bridgehead atoms. The highest BCUT2D eigenvalue weighted by Gasteiger charge is 2.19. The second-order valence-corrected chi connectivity index (χ2v) is 6.36. The van der Waals surface area contributed by atoms with Crippen LogP contribution in [0.4, 0.5) is 5.13 Å². The number of carbonyl (C=O) groups is 1. The first-order chi connectivity index (χ1) is 9.56. The number of hydrogen-bond donors (Lipinski definition) is 1. The van der Waals surface area contributed by atoms with E-state index < -0.39 is 5.38 Å². The van der Waals surface area contributed by atoms with Crippen molar-refractivity contribution < 1.29 is 4.79 Å². The number of anilines is 1. The topological polar surface area (TPSA) is 54.9 Å². The number of carbonyl (C=O) groups excluding carboxylic acids is 1. The summed E-state index contributed by atoms with van der Waals surface area (Å²) in [7, 11) is 0.